The van der Waals surface area contributed by atoms with Crippen molar-refractivity contribution >= 4 is 55.8 Å². The number of amides is 1. The molecule has 4 aromatic rings. The standard InChI is InChI=1S/C19H16N6O2S/c26-19(27)25-5-3-11(4-6-25)15-8-13-17(20-9-21-18(13)24-15)23-12-1-2-14-16(7-12)28-10-22-14/h1-3,7-10H,4-6H2,(H,26,27)(H2,20,21,23,24). The van der Waals surface area contributed by atoms with Gasteiger partial charge in [0.25, 0.3) is 0 Å². The third-order valence-electron chi connectivity index (χ3n) is 4.85. The minimum atomic E-state index is -0.887. The third kappa shape index (κ3) is 2.95. The van der Waals surface area contributed by atoms with Gasteiger partial charge in [0.05, 0.1) is 21.1 Å². The maximum absolute atomic E-state index is 11.1. The summed E-state index contributed by atoms with van der Waals surface area (Å²) in [5.74, 6) is 0.722. The molecule has 3 aromatic heterocycles. The molecule has 0 saturated heterocycles. The lowest BCUT2D eigenvalue weighted by atomic mass is 10.1. The fraction of sp³-hybridized carbons (Fsp3) is 0.158. The molecule has 4 heterocycles. The third-order valence-corrected chi connectivity index (χ3v) is 5.64. The van der Waals surface area contributed by atoms with E-state index in [1.807, 2.05) is 29.8 Å². The van der Waals surface area contributed by atoms with Crippen LogP contribution in [0.5, 0.6) is 0 Å². The van der Waals surface area contributed by atoms with Crippen molar-refractivity contribution in [1.29, 1.82) is 0 Å². The normalized spacial score (nSPS) is 14.4. The number of hydrogen-bond acceptors (Lipinski definition) is 6. The Labute approximate surface area is 163 Å². The number of fused-ring (bicyclic) bond motifs is 2. The van der Waals surface area contributed by atoms with E-state index in [4.69, 9.17) is 5.11 Å². The Bertz CT molecular complexity index is 1230. The van der Waals surface area contributed by atoms with Crippen LogP contribution in [0, 0.1) is 0 Å². The first kappa shape index (κ1) is 16.7. The van der Waals surface area contributed by atoms with Gasteiger partial charge in [-0.3, -0.25) is 0 Å². The number of thiazole rings is 1. The number of carbonyl (C=O) groups is 1. The van der Waals surface area contributed by atoms with Crippen molar-refractivity contribution in [2.45, 2.75) is 6.42 Å². The molecule has 1 amide bonds. The lowest BCUT2D eigenvalue weighted by molar-refractivity contribution is 0.150. The van der Waals surface area contributed by atoms with Gasteiger partial charge in [-0.1, -0.05) is 6.08 Å². The molecule has 1 aromatic carbocycles. The number of anilines is 2. The molecular weight excluding hydrogens is 376 g/mol. The van der Waals surface area contributed by atoms with Crippen molar-refractivity contribution in [1.82, 2.24) is 24.8 Å². The van der Waals surface area contributed by atoms with Crippen LogP contribution in [0.25, 0.3) is 26.8 Å². The number of hydrogen-bond donors (Lipinski definition) is 3. The highest BCUT2D eigenvalue weighted by Crippen LogP contribution is 2.30. The van der Waals surface area contributed by atoms with Crippen LogP contribution < -0.4 is 5.32 Å². The van der Waals surface area contributed by atoms with Gasteiger partial charge in [0, 0.05) is 24.5 Å². The summed E-state index contributed by atoms with van der Waals surface area (Å²) in [5.41, 5.74) is 6.53. The summed E-state index contributed by atoms with van der Waals surface area (Å²) in [7, 11) is 0. The van der Waals surface area contributed by atoms with Crippen molar-refractivity contribution in [3.05, 3.63) is 47.9 Å². The van der Waals surface area contributed by atoms with Crippen LogP contribution in [0.4, 0.5) is 16.3 Å². The minimum absolute atomic E-state index is 0.395. The summed E-state index contributed by atoms with van der Waals surface area (Å²) >= 11 is 1.60. The van der Waals surface area contributed by atoms with Gasteiger partial charge in [-0.05, 0) is 36.3 Å². The highest BCUT2D eigenvalue weighted by Gasteiger charge is 2.18. The molecule has 1 aliphatic rings. The van der Waals surface area contributed by atoms with Crippen molar-refractivity contribution in [2.24, 2.45) is 0 Å². The van der Waals surface area contributed by atoms with Gasteiger partial charge in [0.15, 0.2) is 0 Å². The lowest BCUT2D eigenvalue weighted by Gasteiger charge is -2.23. The zero-order chi connectivity index (χ0) is 19.1. The molecule has 0 radical (unpaired) electrons. The van der Waals surface area contributed by atoms with Gasteiger partial charge in [-0.2, -0.15) is 0 Å². The molecule has 8 nitrogen and oxygen atoms in total. The first-order valence-corrected chi connectivity index (χ1v) is 9.66. The smallest absolute Gasteiger partial charge is 0.407 e. The summed E-state index contributed by atoms with van der Waals surface area (Å²) in [4.78, 5) is 28.8. The van der Waals surface area contributed by atoms with Crippen molar-refractivity contribution in [3.8, 4) is 0 Å². The summed E-state index contributed by atoms with van der Waals surface area (Å²) in [6, 6.07) is 8.04. The topological polar surface area (TPSA) is 107 Å². The second-order valence-electron chi connectivity index (χ2n) is 6.54. The number of nitrogens with zero attached hydrogens (tertiary/aromatic N) is 4. The second-order valence-corrected chi connectivity index (χ2v) is 7.42. The highest BCUT2D eigenvalue weighted by atomic mass is 32.1. The summed E-state index contributed by atoms with van der Waals surface area (Å²) in [5, 5.41) is 13.4. The van der Waals surface area contributed by atoms with Gasteiger partial charge in [0.2, 0.25) is 0 Å². The van der Waals surface area contributed by atoms with Crippen LogP contribution in [-0.4, -0.2) is 49.1 Å². The predicted molar refractivity (Wildman–Crippen MR) is 109 cm³/mol. The number of nitrogens with one attached hydrogen (secondary N) is 2. The Balaban J connectivity index is 1.46. The van der Waals surface area contributed by atoms with Crippen LogP contribution in [0.1, 0.15) is 12.1 Å². The van der Waals surface area contributed by atoms with Crippen LogP contribution in [-0.2, 0) is 0 Å². The quantitative estimate of drug-likeness (QED) is 0.485. The molecule has 28 heavy (non-hydrogen) atoms. The Morgan fingerprint density at radius 1 is 1.25 bits per heavy atom. The molecule has 0 aliphatic carbocycles. The molecule has 0 atom stereocenters. The van der Waals surface area contributed by atoms with Crippen LogP contribution in [0.2, 0.25) is 0 Å². The average Bonchev–Trinajstić information content (AvgIpc) is 3.35. The van der Waals surface area contributed by atoms with Gasteiger partial charge in [0.1, 0.15) is 17.8 Å². The summed E-state index contributed by atoms with van der Waals surface area (Å²) < 4.78 is 1.11. The molecule has 5 rings (SSSR count). The SMILES string of the molecule is O=C(O)N1CC=C(c2cc3c(Nc4ccc5ncsc5c4)ncnc3[nH]2)CC1. The summed E-state index contributed by atoms with van der Waals surface area (Å²) in [6.45, 7) is 0.883. The number of H-pyrrole nitrogens is 1. The molecule has 0 fully saturated rings. The van der Waals surface area contributed by atoms with E-state index in [0.717, 1.165) is 44.0 Å². The van der Waals surface area contributed by atoms with E-state index in [1.165, 1.54) is 11.2 Å². The molecular formula is C19H16N6O2S. The zero-order valence-electron chi connectivity index (χ0n) is 14.7. The Kier molecular flexibility index (Phi) is 3.94. The van der Waals surface area contributed by atoms with E-state index >= 15 is 0 Å². The first-order chi connectivity index (χ1) is 13.7. The average molecular weight is 392 g/mol. The fourth-order valence-corrected chi connectivity index (χ4v) is 4.09. The fourth-order valence-electron chi connectivity index (χ4n) is 3.37. The zero-order valence-corrected chi connectivity index (χ0v) is 15.5. The minimum Gasteiger partial charge on any atom is -0.465 e. The first-order valence-electron chi connectivity index (χ1n) is 8.78. The molecule has 1 aliphatic heterocycles. The molecule has 0 unspecified atom stereocenters. The van der Waals surface area contributed by atoms with Gasteiger partial charge in [-0.25, -0.2) is 19.7 Å². The number of rotatable bonds is 3. The molecule has 0 bridgehead atoms. The Morgan fingerprint density at radius 2 is 2.18 bits per heavy atom. The van der Waals surface area contributed by atoms with Gasteiger partial charge >= 0.3 is 6.09 Å². The Hall–Kier alpha value is -3.46. The molecule has 9 heteroatoms. The van der Waals surface area contributed by atoms with E-state index in [1.54, 1.807) is 11.3 Å². The van der Waals surface area contributed by atoms with Crippen molar-refractivity contribution in [3.63, 3.8) is 0 Å². The Morgan fingerprint density at radius 3 is 3.00 bits per heavy atom. The molecule has 0 saturated carbocycles. The van der Waals surface area contributed by atoms with Crippen LogP contribution in [0.3, 0.4) is 0 Å². The summed E-state index contributed by atoms with van der Waals surface area (Å²) in [6.07, 6.45) is 3.25. The van der Waals surface area contributed by atoms with E-state index in [0.29, 0.717) is 19.5 Å². The predicted octanol–water partition coefficient (Wildman–Crippen LogP) is 4.08. The van der Waals surface area contributed by atoms with E-state index in [-0.39, 0.29) is 0 Å². The molecule has 0 spiro atoms. The maximum atomic E-state index is 11.1. The number of carboxylic acid groups (broad SMARTS) is 1. The lowest BCUT2D eigenvalue weighted by Crippen LogP contribution is -2.33. The van der Waals surface area contributed by atoms with E-state index < -0.39 is 6.09 Å². The van der Waals surface area contributed by atoms with Crippen molar-refractivity contribution in [2.75, 3.05) is 18.4 Å². The maximum Gasteiger partial charge on any atom is 0.407 e. The van der Waals surface area contributed by atoms with Crippen LogP contribution >= 0.6 is 11.3 Å². The molecule has 3 N–H and O–H groups in total. The second kappa shape index (κ2) is 6.61. The number of aromatic nitrogens is 4. The van der Waals surface area contributed by atoms with Crippen LogP contribution in [0.15, 0.2) is 42.2 Å². The monoisotopic (exact) mass is 392 g/mol. The van der Waals surface area contributed by atoms with Crippen molar-refractivity contribution < 1.29 is 9.90 Å². The highest BCUT2D eigenvalue weighted by molar-refractivity contribution is 7.16. The number of aromatic amines is 1. The number of benzene rings is 1. The van der Waals surface area contributed by atoms with Gasteiger partial charge < -0.3 is 20.3 Å². The van der Waals surface area contributed by atoms with Gasteiger partial charge in [-0.15, -0.1) is 11.3 Å². The largest absolute Gasteiger partial charge is 0.465 e. The van der Waals surface area contributed by atoms with E-state index in [9.17, 15) is 4.79 Å². The molecule has 140 valence electrons. The van der Waals surface area contributed by atoms with E-state index in [2.05, 4.69) is 31.3 Å².